The molecule has 0 spiro atoms. The Labute approximate surface area is 171 Å². The number of nitrogens with one attached hydrogen (secondary N) is 1. The van der Waals surface area contributed by atoms with E-state index < -0.39 is 0 Å². The average molecular weight is 371 g/mol. The first-order valence-corrected chi connectivity index (χ1v) is 9.88. The molecule has 0 aliphatic rings. The van der Waals surface area contributed by atoms with Crippen LogP contribution in [0.1, 0.15) is 0 Å². The second-order valence-electron chi connectivity index (χ2n) is 7.14. The van der Waals surface area contributed by atoms with Crippen molar-refractivity contribution in [1.82, 2.24) is 0 Å². The zero-order valence-electron chi connectivity index (χ0n) is 16.0. The predicted molar refractivity (Wildman–Crippen MR) is 125 cm³/mol. The van der Waals surface area contributed by atoms with E-state index in [4.69, 9.17) is 0 Å². The lowest BCUT2D eigenvalue weighted by molar-refractivity contribution is 1.53. The van der Waals surface area contributed by atoms with E-state index >= 15 is 0 Å². The van der Waals surface area contributed by atoms with Crippen molar-refractivity contribution in [2.75, 3.05) is 5.32 Å². The summed E-state index contributed by atoms with van der Waals surface area (Å²) in [5, 5.41) is 6.06. The van der Waals surface area contributed by atoms with E-state index in [9.17, 15) is 0 Å². The van der Waals surface area contributed by atoms with E-state index in [0.29, 0.717) is 0 Å². The maximum absolute atomic E-state index is 3.54. The lowest BCUT2D eigenvalue weighted by Crippen LogP contribution is -1.93. The minimum absolute atomic E-state index is 1.08. The van der Waals surface area contributed by atoms with Gasteiger partial charge in [0.15, 0.2) is 0 Å². The highest BCUT2D eigenvalue weighted by Crippen LogP contribution is 2.38. The number of rotatable bonds is 4. The molecule has 0 bridgehead atoms. The summed E-state index contributed by atoms with van der Waals surface area (Å²) in [5.74, 6) is 0. The molecule has 5 aromatic carbocycles. The van der Waals surface area contributed by atoms with E-state index in [1.165, 1.54) is 33.0 Å². The zero-order valence-corrected chi connectivity index (χ0v) is 16.0. The van der Waals surface area contributed by atoms with Crippen LogP contribution in [0.15, 0.2) is 121 Å². The van der Waals surface area contributed by atoms with Crippen molar-refractivity contribution in [3.63, 3.8) is 0 Å². The molecule has 0 aromatic heterocycles. The van der Waals surface area contributed by atoms with E-state index in [1.54, 1.807) is 0 Å². The Morgan fingerprint density at radius 3 is 1.93 bits per heavy atom. The molecule has 0 aliphatic carbocycles. The molecule has 0 saturated heterocycles. The second-order valence-corrected chi connectivity index (χ2v) is 7.14. The summed E-state index contributed by atoms with van der Waals surface area (Å²) in [6, 6.07) is 42.7. The Hall–Kier alpha value is -3.84. The van der Waals surface area contributed by atoms with Gasteiger partial charge in [0.05, 0.1) is 0 Å². The first-order valence-electron chi connectivity index (χ1n) is 9.88. The molecule has 1 heteroatoms. The largest absolute Gasteiger partial charge is 0.356 e. The maximum Gasteiger partial charge on any atom is 0.0390 e. The number of hydrogen-bond acceptors (Lipinski definition) is 1. The van der Waals surface area contributed by atoms with Gasteiger partial charge in [0, 0.05) is 11.4 Å². The summed E-state index contributed by atoms with van der Waals surface area (Å²) >= 11 is 0. The number of benzene rings is 5. The standard InChI is InChI=1S/C28H21N/c1-3-10-21(11-4-1)26-19-18-24(29-23-14-5-2-6-15-23)20-28(26)27-17-9-13-22-12-7-8-16-25(22)27/h1-20,29H. The third-order valence-corrected chi connectivity index (χ3v) is 5.25. The van der Waals surface area contributed by atoms with Gasteiger partial charge in [-0.15, -0.1) is 0 Å². The van der Waals surface area contributed by atoms with Crippen LogP contribution in [0.2, 0.25) is 0 Å². The number of fused-ring (bicyclic) bond motifs is 1. The molecule has 0 fully saturated rings. The molecule has 0 atom stereocenters. The van der Waals surface area contributed by atoms with Crippen molar-refractivity contribution >= 4 is 22.1 Å². The van der Waals surface area contributed by atoms with Crippen molar-refractivity contribution in [1.29, 1.82) is 0 Å². The van der Waals surface area contributed by atoms with Crippen LogP contribution in [0.5, 0.6) is 0 Å². The molecule has 1 N–H and O–H groups in total. The van der Waals surface area contributed by atoms with Gasteiger partial charge < -0.3 is 5.32 Å². The summed E-state index contributed by atoms with van der Waals surface area (Å²) in [4.78, 5) is 0. The topological polar surface area (TPSA) is 12.0 Å². The molecule has 0 radical (unpaired) electrons. The molecule has 5 aromatic rings. The lowest BCUT2D eigenvalue weighted by atomic mass is 9.91. The minimum atomic E-state index is 1.08. The van der Waals surface area contributed by atoms with E-state index in [1.807, 2.05) is 18.2 Å². The van der Waals surface area contributed by atoms with Crippen LogP contribution >= 0.6 is 0 Å². The Kier molecular flexibility index (Phi) is 4.56. The highest BCUT2D eigenvalue weighted by atomic mass is 14.9. The fraction of sp³-hybridized carbons (Fsp3) is 0. The lowest BCUT2D eigenvalue weighted by Gasteiger charge is -2.16. The first-order chi connectivity index (χ1) is 14.4. The summed E-state index contributed by atoms with van der Waals surface area (Å²) in [6.07, 6.45) is 0. The van der Waals surface area contributed by atoms with E-state index in [0.717, 1.165) is 11.4 Å². The van der Waals surface area contributed by atoms with Crippen LogP contribution in [0.25, 0.3) is 33.0 Å². The average Bonchev–Trinajstić information content (AvgIpc) is 2.80. The predicted octanol–water partition coefficient (Wildman–Crippen LogP) is 7.92. The summed E-state index contributed by atoms with van der Waals surface area (Å²) in [7, 11) is 0. The Bertz CT molecular complexity index is 1250. The van der Waals surface area contributed by atoms with Gasteiger partial charge in [0.2, 0.25) is 0 Å². The van der Waals surface area contributed by atoms with Gasteiger partial charge in [-0.1, -0.05) is 97.1 Å². The molecule has 0 aliphatic heterocycles. The fourth-order valence-electron chi connectivity index (χ4n) is 3.86. The molecule has 29 heavy (non-hydrogen) atoms. The van der Waals surface area contributed by atoms with Crippen molar-refractivity contribution in [2.24, 2.45) is 0 Å². The molecule has 0 unspecified atom stereocenters. The van der Waals surface area contributed by atoms with Crippen LogP contribution in [0.3, 0.4) is 0 Å². The van der Waals surface area contributed by atoms with Crippen LogP contribution < -0.4 is 5.32 Å². The molecular weight excluding hydrogens is 350 g/mol. The number of anilines is 2. The molecule has 5 rings (SSSR count). The quantitative estimate of drug-likeness (QED) is 0.338. The smallest absolute Gasteiger partial charge is 0.0390 e. The molecule has 0 saturated carbocycles. The molecular formula is C28H21N. The summed E-state index contributed by atoms with van der Waals surface area (Å²) < 4.78 is 0. The third kappa shape index (κ3) is 3.51. The molecule has 0 heterocycles. The normalized spacial score (nSPS) is 10.8. The third-order valence-electron chi connectivity index (χ3n) is 5.25. The second kappa shape index (κ2) is 7.65. The van der Waals surface area contributed by atoms with Crippen molar-refractivity contribution in [3.05, 3.63) is 121 Å². The van der Waals surface area contributed by atoms with Crippen molar-refractivity contribution < 1.29 is 0 Å². The maximum atomic E-state index is 3.54. The van der Waals surface area contributed by atoms with Gasteiger partial charge in [0.1, 0.15) is 0 Å². The number of hydrogen-bond donors (Lipinski definition) is 1. The van der Waals surface area contributed by atoms with Gasteiger partial charge in [-0.25, -0.2) is 0 Å². The Morgan fingerprint density at radius 2 is 1.10 bits per heavy atom. The minimum Gasteiger partial charge on any atom is -0.356 e. The van der Waals surface area contributed by atoms with E-state index in [2.05, 4.69) is 108 Å². The zero-order chi connectivity index (χ0) is 19.5. The number of para-hydroxylation sites is 1. The van der Waals surface area contributed by atoms with Crippen LogP contribution in [-0.2, 0) is 0 Å². The molecule has 138 valence electrons. The summed E-state index contributed by atoms with van der Waals surface area (Å²) in [6.45, 7) is 0. The van der Waals surface area contributed by atoms with Crippen LogP contribution in [0.4, 0.5) is 11.4 Å². The summed E-state index contributed by atoms with van der Waals surface area (Å²) in [5.41, 5.74) is 7.11. The highest BCUT2D eigenvalue weighted by molar-refractivity contribution is 6.01. The first kappa shape index (κ1) is 17.3. The van der Waals surface area contributed by atoms with Crippen LogP contribution in [0, 0.1) is 0 Å². The van der Waals surface area contributed by atoms with Crippen molar-refractivity contribution in [3.8, 4) is 22.3 Å². The highest BCUT2D eigenvalue weighted by Gasteiger charge is 2.11. The Balaban J connectivity index is 1.71. The van der Waals surface area contributed by atoms with Crippen LogP contribution in [-0.4, -0.2) is 0 Å². The van der Waals surface area contributed by atoms with E-state index in [-0.39, 0.29) is 0 Å². The SMILES string of the molecule is c1ccc(Nc2ccc(-c3ccccc3)c(-c3cccc4ccccc34)c2)cc1. The van der Waals surface area contributed by atoms with Gasteiger partial charge in [-0.3, -0.25) is 0 Å². The molecule has 1 nitrogen and oxygen atoms in total. The van der Waals surface area contributed by atoms with Gasteiger partial charge in [-0.05, 0) is 57.3 Å². The molecule has 0 amide bonds. The van der Waals surface area contributed by atoms with Gasteiger partial charge >= 0.3 is 0 Å². The van der Waals surface area contributed by atoms with Crippen molar-refractivity contribution in [2.45, 2.75) is 0 Å². The fourth-order valence-corrected chi connectivity index (χ4v) is 3.86. The monoisotopic (exact) mass is 371 g/mol. The van der Waals surface area contributed by atoms with Gasteiger partial charge in [-0.2, -0.15) is 0 Å². The van der Waals surface area contributed by atoms with Gasteiger partial charge in [0.25, 0.3) is 0 Å². The Morgan fingerprint density at radius 1 is 0.414 bits per heavy atom.